The smallest absolute Gasteiger partial charge is 0.320 e. The van der Waals surface area contributed by atoms with Crippen molar-refractivity contribution in [3.8, 4) is 0 Å². The highest BCUT2D eigenvalue weighted by Crippen LogP contribution is 2.23. The largest absolute Gasteiger partial charge is 0.460 e. The van der Waals surface area contributed by atoms with Crippen molar-refractivity contribution in [2.24, 2.45) is 0 Å². The fourth-order valence-corrected chi connectivity index (χ4v) is 1.90. The zero-order chi connectivity index (χ0) is 7.68. The van der Waals surface area contributed by atoms with Gasteiger partial charge in [0.15, 0.2) is 0 Å². The SMILES string of the molecule is O=C1CNC2CCCCC2O1. The van der Waals surface area contributed by atoms with E-state index in [1.807, 2.05) is 0 Å². The van der Waals surface area contributed by atoms with Crippen molar-refractivity contribution in [3.05, 3.63) is 0 Å². The van der Waals surface area contributed by atoms with Crippen molar-refractivity contribution in [2.45, 2.75) is 37.8 Å². The van der Waals surface area contributed by atoms with Crippen LogP contribution in [0.1, 0.15) is 25.7 Å². The van der Waals surface area contributed by atoms with Crippen LogP contribution < -0.4 is 5.32 Å². The molecule has 0 radical (unpaired) electrons. The van der Waals surface area contributed by atoms with Crippen LogP contribution in [0.15, 0.2) is 0 Å². The van der Waals surface area contributed by atoms with E-state index < -0.39 is 0 Å². The van der Waals surface area contributed by atoms with Crippen molar-refractivity contribution < 1.29 is 9.53 Å². The number of nitrogens with one attached hydrogen (secondary N) is 1. The molecule has 2 atom stereocenters. The highest BCUT2D eigenvalue weighted by molar-refractivity contribution is 5.72. The minimum Gasteiger partial charge on any atom is -0.460 e. The summed E-state index contributed by atoms with van der Waals surface area (Å²) in [6.07, 6.45) is 4.86. The van der Waals surface area contributed by atoms with E-state index in [0.29, 0.717) is 12.6 Å². The van der Waals surface area contributed by atoms with E-state index in [0.717, 1.165) is 12.8 Å². The third-order valence-electron chi connectivity index (χ3n) is 2.49. The summed E-state index contributed by atoms with van der Waals surface area (Å²) in [6.45, 7) is 0.404. The maximum absolute atomic E-state index is 10.8. The normalized spacial score (nSPS) is 37.6. The second kappa shape index (κ2) is 2.81. The van der Waals surface area contributed by atoms with Crippen LogP contribution in [0.2, 0.25) is 0 Å². The summed E-state index contributed by atoms with van der Waals surface area (Å²) in [5.74, 6) is -0.0897. The lowest BCUT2D eigenvalue weighted by Gasteiger charge is -2.35. The number of hydrogen-bond acceptors (Lipinski definition) is 3. The highest BCUT2D eigenvalue weighted by atomic mass is 16.5. The van der Waals surface area contributed by atoms with Gasteiger partial charge in [-0.25, -0.2) is 0 Å². The van der Waals surface area contributed by atoms with Crippen LogP contribution >= 0.6 is 0 Å². The lowest BCUT2D eigenvalue weighted by molar-refractivity contribution is -0.156. The summed E-state index contributed by atoms with van der Waals surface area (Å²) >= 11 is 0. The van der Waals surface area contributed by atoms with E-state index in [4.69, 9.17) is 4.74 Å². The molecule has 0 amide bonds. The van der Waals surface area contributed by atoms with Crippen molar-refractivity contribution in [1.29, 1.82) is 0 Å². The molecule has 1 aliphatic carbocycles. The van der Waals surface area contributed by atoms with Crippen molar-refractivity contribution in [1.82, 2.24) is 5.32 Å². The predicted octanol–water partition coefficient (Wildman–Crippen LogP) is 0.444. The van der Waals surface area contributed by atoms with Gasteiger partial charge in [0.05, 0.1) is 6.54 Å². The van der Waals surface area contributed by atoms with Crippen LogP contribution in [-0.4, -0.2) is 24.7 Å². The molecule has 1 saturated heterocycles. The third kappa shape index (κ3) is 1.38. The molecule has 0 bridgehead atoms. The average molecular weight is 155 g/mol. The summed E-state index contributed by atoms with van der Waals surface area (Å²) in [5, 5.41) is 3.20. The van der Waals surface area contributed by atoms with Gasteiger partial charge in [-0.05, 0) is 19.3 Å². The lowest BCUT2D eigenvalue weighted by Crippen LogP contribution is -2.51. The minimum atomic E-state index is -0.0897. The predicted molar refractivity (Wildman–Crippen MR) is 40.1 cm³/mol. The summed E-state index contributed by atoms with van der Waals surface area (Å²) in [7, 11) is 0. The van der Waals surface area contributed by atoms with Gasteiger partial charge in [0.1, 0.15) is 6.10 Å². The second-order valence-electron chi connectivity index (χ2n) is 3.30. The van der Waals surface area contributed by atoms with Crippen LogP contribution in [-0.2, 0) is 9.53 Å². The zero-order valence-corrected chi connectivity index (χ0v) is 6.51. The first-order chi connectivity index (χ1) is 5.36. The van der Waals surface area contributed by atoms with Crippen LogP contribution in [0, 0.1) is 0 Å². The zero-order valence-electron chi connectivity index (χ0n) is 6.51. The van der Waals surface area contributed by atoms with Gasteiger partial charge in [0, 0.05) is 6.04 Å². The van der Waals surface area contributed by atoms with Gasteiger partial charge in [-0.15, -0.1) is 0 Å². The van der Waals surface area contributed by atoms with Gasteiger partial charge in [-0.2, -0.15) is 0 Å². The number of esters is 1. The first-order valence-corrected chi connectivity index (χ1v) is 4.29. The molecule has 2 fully saturated rings. The second-order valence-corrected chi connectivity index (χ2v) is 3.30. The summed E-state index contributed by atoms with van der Waals surface area (Å²) in [5.41, 5.74) is 0. The summed E-state index contributed by atoms with van der Waals surface area (Å²) in [6, 6.07) is 0.446. The maximum atomic E-state index is 10.8. The van der Waals surface area contributed by atoms with E-state index in [2.05, 4.69) is 5.32 Å². The molecule has 1 N–H and O–H groups in total. The molecule has 1 heterocycles. The fourth-order valence-electron chi connectivity index (χ4n) is 1.90. The molecule has 2 unspecified atom stereocenters. The third-order valence-corrected chi connectivity index (χ3v) is 2.49. The Morgan fingerprint density at radius 3 is 3.09 bits per heavy atom. The molecule has 0 aromatic heterocycles. The molecule has 0 aromatic rings. The Bertz CT molecular complexity index is 169. The number of ether oxygens (including phenoxy) is 1. The van der Waals surface area contributed by atoms with Gasteiger partial charge in [-0.1, -0.05) is 6.42 Å². The number of hydrogen-bond donors (Lipinski definition) is 1. The molecule has 0 spiro atoms. The highest BCUT2D eigenvalue weighted by Gasteiger charge is 2.31. The van der Waals surface area contributed by atoms with Crippen LogP contribution in [0.4, 0.5) is 0 Å². The number of carbonyl (C=O) groups excluding carboxylic acids is 1. The maximum Gasteiger partial charge on any atom is 0.320 e. The number of carbonyl (C=O) groups is 1. The van der Waals surface area contributed by atoms with Crippen molar-refractivity contribution >= 4 is 5.97 Å². The molecule has 1 saturated carbocycles. The van der Waals surface area contributed by atoms with E-state index in [1.165, 1.54) is 12.8 Å². The number of morpholine rings is 1. The van der Waals surface area contributed by atoms with Crippen LogP contribution in [0.5, 0.6) is 0 Å². The summed E-state index contributed by atoms with van der Waals surface area (Å²) < 4.78 is 5.19. The standard InChI is InChI=1S/C8H13NO2/c10-8-5-9-6-3-1-2-4-7(6)11-8/h6-7,9H,1-5H2. The molecule has 62 valence electrons. The number of fused-ring (bicyclic) bond motifs is 1. The van der Waals surface area contributed by atoms with Crippen molar-refractivity contribution in [2.75, 3.05) is 6.54 Å². The van der Waals surface area contributed by atoms with Gasteiger partial charge >= 0.3 is 5.97 Å². The monoisotopic (exact) mass is 155 g/mol. The van der Waals surface area contributed by atoms with Gasteiger partial charge in [0.25, 0.3) is 0 Å². The average Bonchev–Trinajstić information content (AvgIpc) is 2.04. The van der Waals surface area contributed by atoms with Gasteiger partial charge in [-0.3, -0.25) is 4.79 Å². The van der Waals surface area contributed by atoms with Gasteiger partial charge < -0.3 is 10.1 Å². The van der Waals surface area contributed by atoms with Crippen molar-refractivity contribution in [3.63, 3.8) is 0 Å². The molecule has 2 rings (SSSR count). The van der Waals surface area contributed by atoms with E-state index in [-0.39, 0.29) is 12.1 Å². The Kier molecular flexibility index (Phi) is 1.82. The Morgan fingerprint density at radius 2 is 2.18 bits per heavy atom. The molecule has 0 aromatic carbocycles. The Labute approximate surface area is 66.1 Å². The van der Waals surface area contributed by atoms with E-state index >= 15 is 0 Å². The molecule has 1 aliphatic heterocycles. The topological polar surface area (TPSA) is 38.3 Å². The summed E-state index contributed by atoms with van der Waals surface area (Å²) in [4.78, 5) is 10.8. The Balaban J connectivity index is 1.98. The molecule has 3 nitrogen and oxygen atoms in total. The first kappa shape index (κ1) is 7.10. The molecule has 3 heteroatoms. The Morgan fingerprint density at radius 1 is 1.36 bits per heavy atom. The fraction of sp³-hybridized carbons (Fsp3) is 0.875. The lowest BCUT2D eigenvalue weighted by atomic mass is 9.91. The van der Waals surface area contributed by atoms with Gasteiger partial charge in [0.2, 0.25) is 0 Å². The minimum absolute atomic E-state index is 0.0897. The van der Waals surface area contributed by atoms with Crippen LogP contribution in [0.25, 0.3) is 0 Å². The Hall–Kier alpha value is -0.570. The number of rotatable bonds is 0. The molecular formula is C8H13NO2. The van der Waals surface area contributed by atoms with E-state index in [1.54, 1.807) is 0 Å². The molecule has 11 heavy (non-hydrogen) atoms. The first-order valence-electron chi connectivity index (χ1n) is 4.29. The van der Waals surface area contributed by atoms with Crippen LogP contribution in [0.3, 0.4) is 0 Å². The van der Waals surface area contributed by atoms with E-state index in [9.17, 15) is 4.79 Å². The molecule has 2 aliphatic rings. The molecular weight excluding hydrogens is 142 g/mol. The quantitative estimate of drug-likeness (QED) is 0.516.